The Hall–Kier alpha value is -2.01. The maximum atomic E-state index is 12.4. The third kappa shape index (κ3) is 2.88. The van der Waals surface area contributed by atoms with Gasteiger partial charge in [0.05, 0.1) is 12.7 Å². The van der Waals surface area contributed by atoms with Gasteiger partial charge in [0.1, 0.15) is 5.75 Å². The van der Waals surface area contributed by atoms with Crippen molar-refractivity contribution in [1.82, 2.24) is 0 Å². The van der Waals surface area contributed by atoms with E-state index in [1.165, 1.54) is 5.56 Å². The Kier molecular flexibility index (Phi) is 3.84. The van der Waals surface area contributed by atoms with Gasteiger partial charge in [-0.3, -0.25) is 4.79 Å². The lowest BCUT2D eigenvalue weighted by Gasteiger charge is -2.10. The molecule has 1 aliphatic rings. The minimum atomic E-state index is -0.176. The Morgan fingerprint density at radius 2 is 2.14 bits per heavy atom. The van der Waals surface area contributed by atoms with Crippen LogP contribution in [0.5, 0.6) is 5.75 Å². The van der Waals surface area contributed by atoms with Crippen molar-refractivity contribution in [2.45, 2.75) is 6.42 Å². The fourth-order valence-corrected chi connectivity index (χ4v) is 2.77. The van der Waals surface area contributed by atoms with E-state index in [9.17, 15) is 4.79 Å². The van der Waals surface area contributed by atoms with Gasteiger partial charge in [0.2, 0.25) is 0 Å². The Morgan fingerprint density at radius 1 is 1.29 bits per heavy atom. The first-order valence-corrected chi connectivity index (χ1v) is 7.48. The van der Waals surface area contributed by atoms with Gasteiger partial charge in [-0.25, -0.2) is 0 Å². The lowest BCUT2D eigenvalue weighted by atomic mass is 10.1. The molecule has 21 heavy (non-hydrogen) atoms. The number of amides is 1. The van der Waals surface area contributed by atoms with Crippen molar-refractivity contribution in [1.29, 1.82) is 0 Å². The number of hydrogen-bond acceptors (Lipinski definition) is 3. The first kappa shape index (κ1) is 13.9. The first-order valence-electron chi connectivity index (χ1n) is 6.69. The molecule has 4 nitrogen and oxygen atoms in total. The molecule has 0 atom stereocenters. The maximum absolute atomic E-state index is 12.4. The summed E-state index contributed by atoms with van der Waals surface area (Å²) < 4.78 is 6.13. The second kappa shape index (κ2) is 5.77. The van der Waals surface area contributed by atoms with Crippen molar-refractivity contribution < 1.29 is 9.53 Å². The van der Waals surface area contributed by atoms with Crippen LogP contribution in [0, 0.1) is 0 Å². The number of ether oxygens (including phenoxy) is 1. The summed E-state index contributed by atoms with van der Waals surface area (Å²) in [6.07, 6.45) is 0.987. The van der Waals surface area contributed by atoms with Gasteiger partial charge in [-0.05, 0) is 48.4 Å². The highest BCUT2D eigenvalue weighted by Crippen LogP contribution is 2.27. The molecular formula is C16H15BrN2O2. The minimum Gasteiger partial charge on any atom is -0.496 e. The van der Waals surface area contributed by atoms with Crippen molar-refractivity contribution in [3.8, 4) is 5.75 Å². The van der Waals surface area contributed by atoms with Crippen molar-refractivity contribution in [3.63, 3.8) is 0 Å². The normalized spacial score (nSPS) is 12.5. The summed E-state index contributed by atoms with van der Waals surface area (Å²) in [4.78, 5) is 12.4. The van der Waals surface area contributed by atoms with Gasteiger partial charge >= 0.3 is 0 Å². The number of fused-ring (bicyclic) bond motifs is 1. The van der Waals surface area contributed by atoms with Crippen LogP contribution in [-0.2, 0) is 6.42 Å². The predicted molar refractivity (Wildman–Crippen MR) is 87.3 cm³/mol. The van der Waals surface area contributed by atoms with Gasteiger partial charge in [0.25, 0.3) is 5.91 Å². The van der Waals surface area contributed by atoms with Crippen molar-refractivity contribution in [2.24, 2.45) is 0 Å². The summed E-state index contributed by atoms with van der Waals surface area (Å²) in [5.74, 6) is 0.370. The number of nitrogens with one attached hydrogen (secondary N) is 2. The van der Waals surface area contributed by atoms with Crippen molar-refractivity contribution >= 4 is 33.2 Å². The zero-order chi connectivity index (χ0) is 14.8. The van der Waals surface area contributed by atoms with Crippen LogP contribution in [0.15, 0.2) is 40.9 Å². The summed E-state index contributed by atoms with van der Waals surface area (Å²) >= 11 is 3.37. The van der Waals surface area contributed by atoms with Crippen LogP contribution < -0.4 is 15.4 Å². The first-order chi connectivity index (χ1) is 10.2. The molecule has 0 aromatic heterocycles. The second-order valence-electron chi connectivity index (χ2n) is 4.85. The molecule has 5 heteroatoms. The molecule has 1 aliphatic heterocycles. The summed E-state index contributed by atoms with van der Waals surface area (Å²) in [7, 11) is 1.56. The number of methoxy groups -OCH3 is 1. The van der Waals surface area contributed by atoms with Crippen molar-refractivity contribution in [2.75, 3.05) is 24.3 Å². The molecule has 0 saturated heterocycles. The van der Waals surface area contributed by atoms with E-state index in [2.05, 4.69) is 26.6 Å². The molecular weight excluding hydrogens is 332 g/mol. The number of rotatable bonds is 3. The van der Waals surface area contributed by atoms with Gasteiger partial charge < -0.3 is 15.4 Å². The molecule has 2 aromatic carbocycles. The standard InChI is InChI=1S/C16H15BrN2O2/c1-21-15-9-11(17)2-4-13(15)16(20)19-12-3-5-14-10(8-12)6-7-18-14/h2-5,8-9,18H,6-7H2,1H3,(H,19,20). The average molecular weight is 347 g/mol. The average Bonchev–Trinajstić information content (AvgIpc) is 2.94. The highest BCUT2D eigenvalue weighted by atomic mass is 79.9. The molecule has 0 saturated carbocycles. The number of halogens is 1. The smallest absolute Gasteiger partial charge is 0.259 e. The molecule has 0 radical (unpaired) electrons. The fourth-order valence-electron chi connectivity index (χ4n) is 2.43. The number of hydrogen-bond donors (Lipinski definition) is 2. The number of carbonyl (C=O) groups is 1. The molecule has 1 amide bonds. The van der Waals surface area contributed by atoms with Gasteiger partial charge in [0, 0.05) is 22.4 Å². The van der Waals surface area contributed by atoms with Crippen LogP contribution in [0.1, 0.15) is 15.9 Å². The quantitative estimate of drug-likeness (QED) is 0.891. The monoisotopic (exact) mass is 346 g/mol. The van der Waals surface area contributed by atoms with E-state index in [1.54, 1.807) is 19.2 Å². The summed E-state index contributed by atoms with van der Waals surface area (Å²) in [6.45, 7) is 0.952. The van der Waals surface area contributed by atoms with Crippen LogP contribution in [0.2, 0.25) is 0 Å². The van der Waals surface area contributed by atoms with Gasteiger partial charge in [-0.15, -0.1) is 0 Å². The van der Waals surface area contributed by atoms with E-state index in [1.807, 2.05) is 24.3 Å². The fraction of sp³-hybridized carbons (Fsp3) is 0.188. The summed E-state index contributed by atoms with van der Waals surface area (Å²) in [5, 5.41) is 6.22. The van der Waals surface area contributed by atoms with E-state index in [4.69, 9.17) is 4.74 Å². The third-order valence-electron chi connectivity index (χ3n) is 3.48. The molecule has 108 valence electrons. The lowest BCUT2D eigenvalue weighted by Crippen LogP contribution is -2.13. The largest absolute Gasteiger partial charge is 0.496 e. The Morgan fingerprint density at radius 3 is 2.95 bits per heavy atom. The molecule has 3 rings (SSSR count). The topological polar surface area (TPSA) is 50.4 Å². The molecule has 0 spiro atoms. The van der Waals surface area contributed by atoms with Crippen LogP contribution in [0.3, 0.4) is 0 Å². The second-order valence-corrected chi connectivity index (χ2v) is 5.76. The molecule has 2 aromatic rings. The Labute approximate surface area is 131 Å². The molecule has 2 N–H and O–H groups in total. The third-order valence-corrected chi connectivity index (χ3v) is 3.97. The highest BCUT2D eigenvalue weighted by Gasteiger charge is 2.15. The predicted octanol–water partition coefficient (Wildman–Crippen LogP) is 3.68. The molecule has 1 heterocycles. The Bertz CT molecular complexity index is 701. The Balaban J connectivity index is 1.83. The van der Waals surface area contributed by atoms with Crippen LogP contribution in [0.25, 0.3) is 0 Å². The van der Waals surface area contributed by atoms with E-state index >= 15 is 0 Å². The molecule has 0 unspecified atom stereocenters. The molecule has 0 bridgehead atoms. The zero-order valence-electron chi connectivity index (χ0n) is 11.6. The van der Waals surface area contributed by atoms with E-state index in [0.29, 0.717) is 11.3 Å². The van der Waals surface area contributed by atoms with E-state index < -0.39 is 0 Å². The molecule has 0 aliphatic carbocycles. The maximum Gasteiger partial charge on any atom is 0.259 e. The van der Waals surface area contributed by atoms with Crippen molar-refractivity contribution in [3.05, 3.63) is 52.0 Å². The zero-order valence-corrected chi connectivity index (χ0v) is 13.2. The van der Waals surface area contributed by atoms with Crippen LogP contribution in [0.4, 0.5) is 11.4 Å². The minimum absolute atomic E-state index is 0.176. The van der Waals surface area contributed by atoms with Gasteiger partial charge in [0.15, 0.2) is 0 Å². The van der Waals surface area contributed by atoms with Gasteiger partial charge in [-0.1, -0.05) is 15.9 Å². The summed E-state index contributed by atoms with van der Waals surface area (Å²) in [5.41, 5.74) is 3.69. The highest BCUT2D eigenvalue weighted by molar-refractivity contribution is 9.10. The van der Waals surface area contributed by atoms with E-state index in [0.717, 1.165) is 28.8 Å². The summed E-state index contributed by atoms with van der Waals surface area (Å²) in [6, 6.07) is 11.3. The number of benzene rings is 2. The molecule has 0 fully saturated rings. The van der Waals surface area contributed by atoms with E-state index in [-0.39, 0.29) is 5.91 Å². The number of anilines is 2. The number of carbonyl (C=O) groups excluding carboxylic acids is 1. The SMILES string of the molecule is COc1cc(Br)ccc1C(=O)Nc1ccc2c(c1)CCN2. The van der Waals surface area contributed by atoms with Crippen LogP contribution >= 0.6 is 15.9 Å². The van der Waals surface area contributed by atoms with Gasteiger partial charge in [-0.2, -0.15) is 0 Å². The van der Waals surface area contributed by atoms with Crippen LogP contribution in [-0.4, -0.2) is 19.6 Å². The lowest BCUT2D eigenvalue weighted by molar-refractivity contribution is 0.102.